The molecule has 0 aliphatic heterocycles. The normalized spacial score (nSPS) is 28.6. The van der Waals surface area contributed by atoms with E-state index in [9.17, 15) is 0 Å². The zero-order chi connectivity index (χ0) is 10.3. The van der Waals surface area contributed by atoms with Crippen molar-refractivity contribution in [1.82, 2.24) is 0 Å². The number of ether oxygens (including phenoxy) is 1. The van der Waals surface area contributed by atoms with Crippen molar-refractivity contribution >= 4 is 0 Å². The van der Waals surface area contributed by atoms with Crippen LogP contribution in [0.25, 0.3) is 0 Å². The standard InChI is InChI=1S/C12H17NO/c1-12(2)10(11(12)13)8-5-4-6-9(7-8)14-3/h4-7,10-11H,13H2,1-3H3/t10-,11-/m1/s1. The highest BCUT2D eigenvalue weighted by Gasteiger charge is 2.56. The van der Waals surface area contributed by atoms with Crippen LogP contribution >= 0.6 is 0 Å². The minimum absolute atomic E-state index is 0.242. The van der Waals surface area contributed by atoms with Crippen LogP contribution in [0.5, 0.6) is 5.75 Å². The number of methoxy groups -OCH3 is 1. The van der Waals surface area contributed by atoms with E-state index in [0.29, 0.717) is 5.92 Å². The van der Waals surface area contributed by atoms with Gasteiger partial charge in [-0.15, -0.1) is 0 Å². The van der Waals surface area contributed by atoms with Gasteiger partial charge >= 0.3 is 0 Å². The summed E-state index contributed by atoms with van der Waals surface area (Å²) in [4.78, 5) is 0. The van der Waals surface area contributed by atoms with E-state index in [4.69, 9.17) is 10.5 Å². The van der Waals surface area contributed by atoms with Crippen molar-refractivity contribution in [2.45, 2.75) is 25.8 Å². The summed E-state index contributed by atoms with van der Waals surface area (Å²) in [5.41, 5.74) is 7.56. The largest absolute Gasteiger partial charge is 0.497 e. The Morgan fingerprint density at radius 2 is 2.00 bits per heavy atom. The van der Waals surface area contributed by atoms with Gasteiger partial charge in [0.2, 0.25) is 0 Å². The predicted molar refractivity (Wildman–Crippen MR) is 57.5 cm³/mol. The van der Waals surface area contributed by atoms with Gasteiger partial charge in [-0.2, -0.15) is 0 Å². The lowest BCUT2D eigenvalue weighted by atomic mass is 10.0. The number of rotatable bonds is 2. The first kappa shape index (κ1) is 9.53. The highest BCUT2D eigenvalue weighted by Crippen LogP contribution is 2.57. The van der Waals surface area contributed by atoms with E-state index in [0.717, 1.165) is 5.75 Å². The van der Waals surface area contributed by atoms with E-state index in [1.165, 1.54) is 5.56 Å². The Labute approximate surface area is 85.1 Å². The van der Waals surface area contributed by atoms with E-state index >= 15 is 0 Å². The lowest BCUT2D eigenvalue weighted by Gasteiger charge is -2.05. The molecule has 1 fully saturated rings. The number of hydrogen-bond acceptors (Lipinski definition) is 2. The average Bonchev–Trinajstić information content (AvgIpc) is 2.66. The molecular formula is C12H17NO. The van der Waals surface area contributed by atoms with E-state index in [1.807, 2.05) is 12.1 Å². The number of benzene rings is 1. The van der Waals surface area contributed by atoms with E-state index in [1.54, 1.807) is 7.11 Å². The van der Waals surface area contributed by atoms with E-state index < -0.39 is 0 Å². The summed E-state index contributed by atoms with van der Waals surface area (Å²) in [6.07, 6.45) is 0. The molecule has 14 heavy (non-hydrogen) atoms. The molecule has 2 heteroatoms. The summed E-state index contributed by atoms with van der Waals surface area (Å²) in [6, 6.07) is 8.48. The van der Waals surface area contributed by atoms with Gasteiger partial charge < -0.3 is 10.5 Å². The number of hydrogen-bond donors (Lipinski definition) is 1. The van der Waals surface area contributed by atoms with Gasteiger partial charge in [0.05, 0.1) is 7.11 Å². The van der Waals surface area contributed by atoms with E-state index in [-0.39, 0.29) is 11.5 Å². The van der Waals surface area contributed by atoms with Crippen molar-refractivity contribution in [3.63, 3.8) is 0 Å². The Balaban J connectivity index is 2.26. The smallest absolute Gasteiger partial charge is 0.119 e. The molecule has 0 radical (unpaired) electrons. The molecule has 0 heterocycles. The molecule has 2 atom stereocenters. The summed E-state index contributed by atoms with van der Waals surface area (Å²) in [5, 5.41) is 0. The second-order valence-electron chi connectivity index (χ2n) is 4.60. The van der Waals surface area contributed by atoms with Crippen molar-refractivity contribution in [3.05, 3.63) is 29.8 Å². The second kappa shape index (κ2) is 2.99. The van der Waals surface area contributed by atoms with Gasteiger partial charge in [0, 0.05) is 12.0 Å². The third kappa shape index (κ3) is 1.30. The van der Waals surface area contributed by atoms with Crippen molar-refractivity contribution in [3.8, 4) is 5.75 Å². The van der Waals surface area contributed by atoms with Crippen LogP contribution in [-0.2, 0) is 0 Å². The quantitative estimate of drug-likeness (QED) is 0.777. The first-order valence-corrected chi connectivity index (χ1v) is 4.97. The maximum Gasteiger partial charge on any atom is 0.119 e. The van der Waals surface area contributed by atoms with E-state index in [2.05, 4.69) is 26.0 Å². The Kier molecular flexibility index (Phi) is 2.04. The molecule has 1 aliphatic rings. The van der Waals surface area contributed by atoms with Crippen LogP contribution in [0.1, 0.15) is 25.3 Å². The monoisotopic (exact) mass is 191 g/mol. The van der Waals surface area contributed by atoms with Crippen LogP contribution in [-0.4, -0.2) is 13.2 Å². The predicted octanol–water partition coefficient (Wildman–Crippen LogP) is 2.15. The minimum atomic E-state index is 0.242. The fourth-order valence-corrected chi connectivity index (χ4v) is 2.15. The number of nitrogens with two attached hydrogens (primary N) is 1. The molecule has 76 valence electrons. The van der Waals surface area contributed by atoms with Crippen LogP contribution in [0.4, 0.5) is 0 Å². The highest BCUT2D eigenvalue weighted by atomic mass is 16.5. The molecule has 1 aromatic carbocycles. The summed E-state index contributed by atoms with van der Waals surface area (Å²) in [5.74, 6) is 1.40. The molecule has 1 saturated carbocycles. The summed E-state index contributed by atoms with van der Waals surface area (Å²) >= 11 is 0. The van der Waals surface area contributed by atoms with Gasteiger partial charge in [-0.05, 0) is 23.1 Å². The first-order valence-electron chi connectivity index (χ1n) is 4.97. The van der Waals surface area contributed by atoms with Crippen LogP contribution in [0, 0.1) is 5.41 Å². The third-order valence-corrected chi connectivity index (χ3v) is 3.36. The van der Waals surface area contributed by atoms with Crippen molar-refractivity contribution in [2.24, 2.45) is 11.1 Å². The molecule has 0 amide bonds. The zero-order valence-electron chi connectivity index (χ0n) is 8.95. The summed E-state index contributed by atoms with van der Waals surface area (Å²) < 4.78 is 5.20. The summed E-state index contributed by atoms with van der Waals surface area (Å²) in [7, 11) is 1.69. The fourth-order valence-electron chi connectivity index (χ4n) is 2.15. The Bertz CT molecular complexity index is 346. The molecule has 0 aromatic heterocycles. The van der Waals surface area contributed by atoms with Crippen LogP contribution in [0.3, 0.4) is 0 Å². The third-order valence-electron chi connectivity index (χ3n) is 3.36. The fraction of sp³-hybridized carbons (Fsp3) is 0.500. The molecule has 0 unspecified atom stereocenters. The van der Waals surface area contributed by atoms with Gasteiger partial charge in [0.15, 0.2) is 0 Å². The van der Waals surface area contributed by atoms with Gasteiger partial charge in [-0.3, -0.25) is 0 Å². The molecule has 2 rings (SSSR count). The molecular weight excluding hydrogens is 174 g/mol. The van der Waals surface area contributed by atoms with Crippen molar-refractivity contribution in [2.75, 3.05) is 7.11 Å². The van der Waals surface area contributed by atoms with Crippen molar-refractivity contribution in [1.29, 1.82) is 0 Å². The van der Waals surface area contributed by atoms with Crippen LogP contribution < -0.4 is 10.5 Å². The molecule has 0 bridgehead atoms. The zero-order valence-corrected chi connectivity index (χ0v) is 8.95. The molecule has 0 saturated heterocycles. The second-order valence-corrected chi connectivity index (χ2v) is 4.60. The maximum atomic E-state index is 6.03. The minimum Gasteiger partial charge on any atom is -0.497 e. The van der Waals surface area contributed by atoms with Gasteiger partial charge in [-0.25, -0.2) is 0 Å². The lowest BCUT2D eigenvalue weighted by Crippen LogP contribution is -2.06. The Hall–Kier alpha value is -1.02. The highest BCUT2D eigenvalue weighted by molar-refractivity contribution is 5.38. The first-order chi connectivity index (χ1) is 6.57. The Morgan fingerprint density at radius 3 is 2.50 bits per heavy atom. The van der Waals surface area contributed by atoms with Gasteiger partial charge in [-0.1, -0.05) is 26.0 Å². The van der Waals surface area contributed by atoms with Crippen LogP contribution in [0.15, 0.2) is 24.3 Å². The molecule has 2 nitrogen and oxygen atoms in total. The topological polar surface area (TPSA) is 35.2 Å². The molecule has 2 N–H and O–H groups in total. The maximum absolute atomic E-state index is 6.03. The van der Waals surface area contributed by atoms with Crippen molar-refractivity contribution < 1.29 is 4.74 Å². The molecule has 1 aliphatic carbocycles. The van der Waals surface area contributed by atoms with Gasteiger partial charge in [0.1, 0.15) is 5.75 Å². The average molecular weight is 191 g/mol. The lowest BCUT2D eigenvalue weighted by molar-refractivity contribution is 0.414. The molecule has 0 spiro atoms. The SMILES string of the molecule is COc1cccc([C@@H]2[C@@H](N)C2(C)C)c1. The Morgan fingerprint density at radius 1 is 1.36 bits per heavy atom. The molecule has 1 aromatic rings. The summed E-state index contributed by atoms with van der Waals surface area (Å²) in [6.45, 7) is 4.42. The van der Waals surface area contributed by atoms with Crippen LogP contribution in [0.2, 0.25) is 0 Å². The van der Waals surface area contributed by atoms with Gasteiger partial charge in [0.25, 0.3) is 0 Å².